The van der Waals surface area contributed by atoms with E-state index in [0.29, 0.717) is 26.2 Å². The van der Waals surface area contributed by atoms with Crippen molar-refractivity contribution >= 4 is 21.8 Å². The monoisotopic (exact) mass is 385 g/mol. The average molecular weight is 386 g/mol. The fraction of sp³-hybridized carbons (Fsp3) is 0.611. The highest BCUT2D eigenvalue weighted by molar-refractivity contribution is 9.10. The summed E-state index contributed by atoms with van der Waals surface area (Å²) in [5.41, 5.74) is 1.26. The van der Waals surface area contributed by atoms with Crippen LogP contribution in [0.15, 0.2) is 28.7 Å². The molecule has 1 N–H and O–H groups in total. The SMILES string of the molecule is CCOC(CCCNC(=O)CCCc1ccc(Br)cc1)OCC. The number of nitrogens with one attached hydrogen (secondary N) is 1. The van der Waals surface area contributed by atoms with Crippen LogP contribution in [0.3, 0.4) is 0 Å². The molecule has 0 aromatic heterocycles. The van der Waals surface area contributed by atoms with Crippen molar-refractivity contribution in [2.24, 2.45) is 0 Å². The highest BCUT2D eigenvalue weighted by Crippen LogP contribution is 2.12. The summed E-state index contributed by atoms with van der Waals surface area (Å²) in [6.07, 6.45) is 3.88. The third-order valence-corrected chi connectivity index (χ3v) is 3.96. The van der Waals surface area contributed by atoms with Crippen LogP contribution in [0.2, 0.25) is 0 Å². The molecular weight excluding hydrogens is 358 g/mol. The van der Waals surface area contributed by atoms with E-state index in [1.54, 1.807) is 0 Å². The fourth-order valence-electron chi connectivity index (χ4n) is 2.28. The summed E-state index contributed by atoms with van der Waals surface area (Å²) in [5, 5.41) is 2.96. The van der Waals surface area contributed by atoms with E-state index < -0.39 is 0 Å². The van der Waals surface area contributed by atoms with Crippen LogP contribution in [0.1, 0.15) is 45.1 Å². The summed E-state index contributed by atoms with van der Waals surface area (Å²) in [4.78, 5) is 11.8. The van der Waals surface area contributed by atoms with E-state index in [9.17, 15) is 4.79 Å². The first kappa shape index (κ1) is 20.1. The van der Waals surface area contributed by atoms with Gasteiger partial charge in [-0.3, -0.25) is 4.79 Å². The number of carbonyl (C=O) groups excluding carboxylic acids is 1. The first-order chi connectivity index (χ1) is 11.2. The van der Waals surface area contributed by atoms with E-state index in [4.69, 9.17) is 9.47 Å². The third kappa shape index (κ3) is 9.74. The molecular formula is C18H28BrNO3. The van der Waals surface area contributed by atoms with Crippen molar-refractivity contribution in [3.05, 3.63) is 34.3 Å². The summed E-state index contributed by atoms with van der Waals surface area (Å²) in [6, 6.07) is 8.23. The van der Waals surface area contributed by atoms with Gasteiger partial charge in [0.15, 0.2) is 6.29 Å². The molecule has 0 bridgehead atoms. The van der Waals surface area contributed by atoms with Crippen LogP contribution in [0.5, 0.6) is 0 Å². The Morgan fingerprint density at radius 3 is 2.39 bits per heavy atom. The number of ether oxygens (including phenoxy) is 2. The Morgan fingerprint density at radius 2 is 1.78 bits per heavy atom. The van der Waals surface area contributed by atoms with Crippen molar-refractivity contribution in [3.63, 3.8) is 0 Å². The molecule has 1 rings (SSSR count). The minimum Gasteiger partial charge on any atom is -0.356 e. The van der Waals surface area contributed by atoms with Crippen molar-refractivity contribution < 1.29 is 14.3 Å². The number of amides is 1. The van der Waals surface area contributed by atoms with Gasteiger partial charge in [0.2, 0.25) is 5.91 Å². The lowest BCUT2D eigenvalue weighted by Gasteiger charge is -2.16. The standard InChI is InChI=1S/C18H28BrNO3/c1-3-22-18(23-4-2)9-6-14-20-17(21)8-5-7-15-10-12-16(19)13-11-15/h10-13,18H,3-9,14H2,1-2H3,(H,20,21). The predicted octanol–water partition coefficient (Wildman–Crippen LogP) is 4.07. The van der Waals surface area contributed by atoms with E-state index in [1.807, 2.05) is 26.0 Å². The molecule has 0 unspecified atom stereocenters. The number of carbonyl (C=O) groups is 1. The zero-order valence-corrected chi connectivity index (χ0v) is 15.7. The first-order valence-corrected chi connectivity index (χ1v) is 9.19. The second-order valence-electron chi connectivity index (χ2n) is 5.31. The normalized spacial score (nSPS) is 11.0. The molecule has 0 radical (unpaired) electrons. The maximum absolute atomic E-state index is 11.8. The van der Waals surface area contributed by atoms with Crippen molar-refractivity contribution in [2.45, 2.75) is 52.2 Å². The molecule has 0 spiro atoms. The van der Waals surface area contributed by atoms with Crippen molar-refractivity contribution in [2.75, 3.05) is 19.8 Å². The quantitative estimate of drug-likeness (QED) is 0.435. The van der Waals surface area contributed by atoms with E-state index in [-0.39, 0.29) is 12.2 Å². The number of hydrogen-bond donors (Lipinski definition) is 1. The number of benzene rings is 1. The largest absolute Gasteiger partial charge is 0.356 e. The van der Waals surface area contributed by atoms with Gasteiger partial charge in [-0.1, -0.05) is 28.1 Å². The number of rotatable bonds is 12. The molecule has 0 aliphatic heterocycles. The Morgan fingerprint density at radius 1 is 1.13 bits per heavy atom. The molecule has 1 aromatic carbocycles. The molecule has 0 aliphatic rings. The van der Waals surface area contributed by atoms with Crippen LogP contribution in [-0.2, 0) is 20.7 Å². The van der Waals surface area contributed by atoms with Gasteiger partial charge >= 0.3 is 0 Å². The molecule has 130 valence electrons. The third-order valence-electron chi connectivity index (χ3n) is 3.43. The minimum absolute atomic E-state index is 0.117. The molecule has 1 aromatic rings. The molecule has 0 aliphatic carbocycles. The summed E-state index contributed by atoms with van der Waals surface area (Å²) in [7, 11) is 0. The Hall–Kier alpha value is -0.910. The van der Waals surface area contributed by atoms with Crippen LogP contribution in [0, 0.1) is 0 Å². The Balaban J connectivity index is 2.08. The lowest BCUT2D eigenvalue weighted by Crippen LogP contribution is -2.26. The molecule has 0 saturated heterocycles. The lowest BCUT2D eigenvalue weighted by atomic mass is 10.1. The predicted molar refractivity (Wildman–Crippen MR) is 96.4 cm³/mol. The van der Waals surface area contributed by atoms with Gasteiger partial charge in [-0.05, 0) is 50.8 Å². The van der Waals surface area contributed by atoms with Crippen molar-refractivity contribution in [1.29, 1.82) is 0 Å². The smallest absolute Gasteiger partial charge is 0.220 e. The van der Waals surface area contributed by atoms with Gasteiger partial charge in [0.1, 0.15) is 0 Å². The van der Waals surface area contributed by atoms with Gasteiger partial charge in [-0.15, -0.1) is 0 Å². The van der Waals surface area contributed by atoms with Crippen LogP contribution >= 0.6 is 15.9 Å². The summed E-state index contributed by atoms with van der Waals surface area (Å²) in [5.74, 6) is 0.117. The minimum atomic E-state index is -0.153. The molecule has 0 fully saturated rings. The molecule has 1 amide bonds. The topological polar surface area (TPSA) is 47.6 Å². The van der Waals surface area contributed by atoms with Gasteiger partial charge in [0, 0.05) is 37.1 Å². The second-order valence-corrected chi connectivity index (χ2v) is 6.23. The molecule has 0 atom stereocenters. The number of aryl methyl sites for hydroxylation is 1. The summed E-state index contributed by atoms with van der Waals surface area (Å²) in [6.45, 7) is 5.88. The maximum Gasteiger partial charge on any atom is 0.220 e. The van der Waals surface area contributed by atoms with Crippen LogP contribution in [0.25, 0.3) is 0 Å². The molecule has 23 heavy (non-hydrogen) atoms. The Kier molecular flexibility index (Phi) is 10.9. The van der Waals surface area contributed by atoms with Gasteiger partial charge < -0.3 is 14.8 Å². The number of halogens is 1. The summed E-state index contributed by atoms with van der Waals surface area (Å²) >= 11 is 3.42. The zero-order valence-electron chi connectivity index (χ0n) is 14.1. The van der Waals surface area contributed by atoms with Gasteiger partial charge in [0.05, 0.1) is 0 Å². The second kappa shape index (κ2) is 12.5. The molecule has 0 heterocycles. The van der Waals surface area contributed by atoms with Gasteiger partial charge in [-0.25, -0.2) is 0 Å². The first-order valence-electron chi connectivity index (χ1n) is 8.40. The average Bonchev–Trinajstić information content (AvgIpc) is 2.54. The number of hydrogen-bond acceptors (Lipinski definition) is 3. The molecule has 4 nitrogen and oxygen atoms in total. The maximum atomic E-state index is 11.8. The fourth-order valence-corrected chi connectivity index (χ4v) is 2.54. The highest BCUT2D eigenvalue weighted by Gasteiger charge is 2.08. The van der Waals surface area contributed by atoms with E-state index in [0.717, 1.165) is 30.2 Å². The molecule has 0 saturated carbocycles. The van der Waals surface area contributed by atoms with Gasteiger partial charge in [-0.2, -0.15) is 0 Å². The highest BCUT2D eigenvalue weighted by atomic mass is 79.9. The Labute approximate surface area is 148 Å². The van der Waals surface area contributed by atoms with Crippen molar-refractivity contribution in [1.82, 2.24) is 5.32 Å². The van der Waals surface area contributed by atoms with E-state index in [1.165, 1.54) is 5.56 Å². The van der Waals surface area contributed by atoms with Crippen LogP contribution in [0.4, 0.5) is 0 Å². The van der Waals surface area contributed by atoms with Gasteiger partial charge in [0.25, 0.3) is 0 Å². The zero-order chi connectivity index (χ0) is 16.9. The summed E-state index contributed by atoms with van der Waals surface area (Å²) < 4.78 is 12.0. The van der Waals surface area contributed by atoms with Crippen molar-refractivity contribution in [3.8, 4) is 0 Å². The molecule has 5 heteroatoms. The van der Waals surface area contributed by atoms with E-state index >= 15 is 0 Å². The van der Waals surface area contributed by atoms with Crippen LogP contribution in [-0.4, -0.2) is 32.0 Å². The van der Waals surface area contributed by atoms with Crippen LogP contribution < -0.4 is 5.32 Å². The Bertz CT molecular complexity index is 430. The van der Waals surface area contributed by atoms with E-state index in [2.05, 4.69) is 33.4 Å². The lowest BCUT2D eigenvalue weighted by molar-refractivity contribution is -0.140.